The molecule has 0 radical (unpaired) electrons. The van der Waals surface area contributed by atoms with Crippen LogP contribution in [0.15, 0.2) is 24.3 Å². The molecule has 1 atom stereocenters. The van der Waals surface area contributed by atoms with Crippen LogP contribution in [-0.4, -0.2) is 6.54 Å². The summed E-state index contributed by atoms with van der Waals surface area (Å²) in [6.45, 7) is 11.4. The van der Waals surface area contributed by atoms with Crippen molar-refractivity contribution in [3.05, 3.63) is 29.8 Å². The monoisotopic (exact) mass is 207 g/mol. The summed E-state index contributed by atoms with van der Waals surface area (Å²) in [6, 6.07) is 8.57. The zero-order valence-electron chi connectivity index (χ0n) is 10.8. The maximum Gasteiger partial charge on any atom is 0.0375 e. The molecule has 1 heteroatoms. The van der Waals surface area contributed by atoms with Crippen LogP contribution in [-0.2, 0) is 0 Å². The van der Waals surface area contributed by atoms with Crippen molar-refractivity contribution in [2.75, 3.05) is 11.9 Å². The maximum atomic E-state index is 3.39. The molecule has 86 valence electrons. The van der Waals surface area contributed by atoms with Gasteiger partial charge in [-0.25, -0.2) is 0 Å². The van der Waals surface area contributed by atoms with E-state index >= 15 is 0 Å². The number of benzene rings is 1. The van der Waals surface area contributed by atoms with Gasteiger partial charge in [0, 0.05) is 12.2 Å². The highest BCUT2D eigenvalue weighted by molar-refractivity contribution is 5.54. The first-order chi connectivity index (χ1) is 7.38. The SMILES string of the molecule is CC.CC.CC1CCNc2ccccc21. The van der Waals surface area contributed by atoms with Crippen molar-refractivity contribution in [3.8, 4) is 0 Å². The number of hydrogen-bond acceptors (Lipinski definition) is 1. The van der Waals surface area contributed by atoms with Gasteiger partial charge in [-0.3, -0.25) is 0 Å². The summed E-state index contributed by atoms with van der Waals surface area (Å²) >= 11 is 0. The molecule has 0 aromatic heterocycles. The van der Waals surface area contributed by atoms with Gasteiger partial charge in [-0.2, -0.15) is 0 Å². The normalized spacial score (nSPS) is 17.0. The Morgan fingerprint density at radius 2 is 1.67 bits per heavy atom. The van der Waals surface area contributed by atoms with Crippen LogP contribution < -0.4 is 5.32 Å². The largest absolute Gasteiger partial charge is 0.385 e. The van der Waals surface area contributed by atoms with Crippen molar-refractivity contribution in [1.82, 2.24) is 0 Å². The molecule has 2 rings (SSSR count). The van der Waals surface area contributed by atoms with Gasteiger partial charge in [0.15, 0.2) is 0 Å². The lowest BCUT2D eigenvalue weighted by Gasteiger charge is -2.23. The Balaban J connectivity index is 0.000000442. The van der Waals surface area contributed by atoms with Crippen molar-refractivity contribution in [2.24, 2.45) is 0 Å². The fraction of sp³-hybridized carbons (Fsp3) is 0.571. The molecule has 0 bridgehead atoms. The number of fused-ring (bicyclic) bond motifs is 1. The Morgan fingerprint density at radius 1 is 1.07 bits per heavy atom. The van der Waals surface area contributed by atoms with Gasteiger partial charge < -0.3 is 5.32 Å². The highest BCUT2D eigenvalue weighted by atomic mass is 14.9. The molecule has 0 saturated heterocycles. The quantitative estimate of drug-likeness (QED) is 0.652. The molecule has 1 aromatic rings. The zero-order valence-corrected chi connectivity index (χ0v) is 10.8. The summed E-state index contributed by atoms with van der Waals surface area (Å²) in [5.74, 6) is 0.729. The molecule has 0 spiro atoms. The van der Waals surface area contributed by atoms with Crippen molar-refractivity contribution in [3.63, 3.8) is 0 Å². The van der Waals surface area contributed by atoms with Crippen molar-refractivity contribution >= 4 is 5.69 Å². The van der Waals surface area contributed by atoms with Gasteiger partial charge in [0.1, 0.15) is 0 Å². The van der Waals surface area contributed by atoms with Gasteiger partial charge in [0.2, 0.25) is 0 Å². The van der Waals surface area contributed by atoms with E-state index in [1.807, 2.05) is 27.7 Å². The summed E-state index contributed by atoms with van der Waals surface area (Å²) in [5.41, 5.74) is 2.80. The molecule has 0 amide bonds. The maximum absolute atomic E-state index is 3.39. The minimum absolute atomic E-state index is 0.729. The van der Waals surface area contributed by atoms with E-state index in [0.717, 1.165) is 12.5 Å². The topological polar surface area (TPSA) is 12.0 Å². The van der Waals surface area contributed by atoms with Gasteiger partial charge in [0.05, 0.1) is 0 Å². The molecule has 15 heavy (non-hydrogen) atoms. The molecule has 1 heterocycles. The number of nitrogens with one attached hydrogen (secondary N) is 1. The summed E-state index contributed by atoms with van der Waals surface area (Å²) in [5, 5.41) is 3.39. The third-order valence-electron chi connectivity index (χ3n) is 2.38. The first-order valence-corrected chi connectivity index (χ1v) is 6.21. The Labute approximate surface area is 94.9 Å². The summed E-state index contributed by atoms with van der Waals surface area (Å²) in [4.78, 5) is 0. The smallest absolute Gasteiger partial charge is 0.0375 e. The second kappa shape index (κ2) is 8.34. The van der Waals surface area contributed by atoms with Crippen LogP contribution in [0.1, 0.15) is 52.5 Å². The lowest BCUT2D eigenvalue weighted by atomic mass is 9.93. The fourth-order valence-corrected chi connectivity index (χ4v) is 1.67. The Bertz CT molecular complexity index is 255. The van der Waals surface area contributed by atoms with Gasteiger partial charge in [0.25, 0.3) is 0 Å². The van der Waals surface area contributed by atoms with Crippen molar-refractivity contribution in [1.29, 1.82) is 0 Å². The van der Waals surface area contributed by atoms with E-state index in [-0.39, 0.29) is 0 Å². The molecule has 1 aromatic carbocycles. The molecule has 1 nitrogen and oxygen atoms in total. The van der Waals surface area contributed by atoms with E-state index in [1.54, 1.807) is 0 Å². The molecule has 0 fully saturated rings. The number of anilines is 1. The van der Waals surface area contributed by atoms with Crippen LogP contribution in [0.25, 0.3) is 0 Å². The van der Waals surface area contributed by atoms with Crippen molar-refractivity contribution in [2.45, 2.75) is 47.0 Å². The number of para-hydroxylation sites is 1. The number of hydrogen-bond donors (Lipinski definition) is 1. The van der Waals surface area contributed by atoms with Crippen LogP contribution >= 0.6 is 0 Å². The molecule has 0 aliphatic carbocycles. The molecular weight excluding hydrogens is 182 g/mol. The van der Waals surface area contributed by atoms with Gasteiger partial charge >= 0.3 is 0 Å². The third-order valence-corrected chi connectivity index (χ3v) is 2.38. The van der Waals surface area contributed by atoms with Gasteiger partial charge in [-0.05, 0) is 24.0 Å². The highest BCUT2D eigenvalue weighted by Gasteiger charge is 2.13. The molecule has 1 aliphatic rings. The fourth-order valence-electron chi connectivity index (χ4n) is 1.67. The predicted octanol–water partition coefficient (Wildman–Crippen LogP) is 4.66. The third kappa shape index (κ3) is 3.94. The average Bonchev–Trinajstić information content (AvgIpc) is 2.35. The minimum atomic E-state index is 0.729. The van der Waals surface area contributed by atoms with E-state index in [9.17, 15) is 0 Å². The second-order valence-electron chi connectivity index (χ2n) is 3.20. The van der Waals surface area contributed by atoms with E-state index in [1.165, 1.54) is 17.7 Å². The molecule has 0 saturated carbocycles. The van der Waals surface area contributed by atoms with Crippen LogP contribution in [0.2, 0.25) is 0 Å². The van der Waals surface area contributed by atoms with Crippen LogP contribution in [0.5, 0.6) is 0 Å². The van der Waals surface area contributed by atoms with Crippen LogP contribution in [0, 0.1) is 0 Å². The van der Waals surface area contributed by atoms with E-state index in [2.05, 4.69) is 36.5 Å². The lowest BCUT2D eigenvalue weighted by Crippen LogP contribution is -2.14. The lowest BCUT2D eigenvalue weighted by molar-refractivity contribution is 0.684. The van der Waals surface area contributed by atoms with E-state index in [0.29, 0.717) is 0 Å². The second-order valence-corrected chi connectivity index (χ2v) is 3.20. The van der Waals surface area contributed by atoms with E-state index < -0.39 is 0 Å². The van der Waals surface area contributed by atoms with Crippen molar-refractivity contribution < 1.29 is 0 Å². The first kappa shape index (κ1) is 14.0. The summed E-state index contributed by atoms with van der Waals surface area (Å²) in [7, 11) is 0. The average molecular weight is 207 g/mol. The minimum Gasteiger partial charge on any atom is -0.385 e. The summed E-state index contributed by atoms with van der Waals surface area (Å²) in [6.07, 6.45) is 1.26. The molecule has 1 aliphatic heterocycles. The Hall–Kier alpha value is -0.980. The van der Waals surface area contributed by atoms with Crippen LogP contribution in [0.3, 0.4) is 0 Å². The number of rotatable bonds is 0. The Morgan fingerprint density at radius 3 is 2.27 bits per heavy atom. The van der Waals surface area contributed by atoms with Gasteiger partial charge in [-0.15, -0.1) is 0 Å². The van der Waals surface area contributed by atoms with Crippen LogP contribution in [0.4, 0.5) is 5.69 Å². The van der Waals surface area contributed by atoms with E-state index in [4.69, 9.17) is 0 Å². The first-order valence-electron chi connectivity index (χ1n) is 6.21. The Kier molecular flexibility index (Phi) is 7.79. The molecule has 1 unspecified atom stereocenters. The zero-order chi connectivity index (χ0) is 11.7. The summed E-state index contributed by atoms with van der Waals surface area (Å²) < 4.78 is 0. The van der Waals surface area contributed by atoms with Gasteiger partial charge in [-0.1, -0.05) is 52.8 Å². The molecular formula is C14H25N. The highest BCUT2D eigenvalue weighted by Crippen LogP contribution is 2.30. The predicted molar refractivity (Wildman–Crippen MR) is 70.7 cm³/mol. The standard InChI is InChI=1S/C10H13N.2C2H6/c1-8-6-7-11-10-5-3-2-4-9(8)10;2*1-2/h2-5,8,11H,6-7H2,1H3;2*1-2H3. The molecule has 1 N–H and O–H groups in total.